The molecule has 2 rings (SSSR count). The summed E-state index contributed by atoms with van der Waals surface area (Å²) in [6.45, 7) is 7.13. The molecule has 1 saturated carbocycles. The van der Waals surface area contributed by atoms with E-state index in [-0.39, 0.29) is 17.1 Å². The van der Waals surface area contributed by atoms with Crippen LogP contribution in [-0.2, 0) is 0 Å². The molecule has 0 aromatic heterocycles. The van der Waals surface area contributed by atoms with Crippen LogP contribution >= 0.6 is 0 Å². The molecule has 1 unspecified atom stereocenters. The van der Waals surface area contributed by atoms with Gasteiger partial charge < -0.3 is 5.32 Å². The minimum absolute atomic E-state index is 0.207. The maximum absolute atomic E-state index is 13.5. The molecule has 1 aromatic carbocycles. The molecule has 19 heavy (non-hydrogen) atoms. The van der Waals surface area contributed by atoms with Crippen molar-refractivity contribution in [1.82, 2.24) is 5.32 Å². The average Bonchev–Trinajstić information content (AvgIpc) is 2.87. The van der Waals surface area contributed by atoms with E-state index in [0.717, 1.165) is 0 Å². The largest absolute Gasteiger partial charge is 0.333 e. The summed E-state index contributed by atoms with van der Waals surface area (Å²) in [7, 11) is 0. The summed E-state index contributed by atoms with van der Waals surface area (Å²) in [5.41, 5.74) is 0.271. The highest BCUT2D eigenvalue weighted by atomic mass is 19.1. The molecule has 1 atom stereocenters. The molecule has 1 aliphatic carbocycles. The fourth-order valence-corrected chi connectivity index (χ4v) is 2.39. The van der Waals surface area contributed by atoms with Gasteiger partial charge in [-0.2, -0.15) is 5.26 Å². The van der Waals surface area contributed by atoms with E-state index >= 15 is 0 Å². The number of nitrogens with zero attached hydrogens (tertiary/aromatic N) is 1. The van der Waals surface area contributed by atoms with Gasteiger partial charge in [-0.3, -0.25) is 4.79 Å². The highest BCUT2D eigenvalue weighted by Crippen LogP contribution is 2.55. The fraction of sp³-hybridized carbons (Fsp3) is 0.467. The molecule has 1 aliphatic rings. The van der Waals surface area contributed by atoms with Crippen LogP contribution < -0.4 is 5.32 Å². The number of amides is 1. The van der Waals surface area contributed by atoms with Gasteiger partial charge in [-0.25, -0.2) is 4.39 Å². The standard InChI is InChI=1S/C15H17FN2O/c1-9-5-11(6-10(2)12(9)16)13(19)18-15(8-17)7-14(15,3)4/h5-6H,7H2,1-4H3,(H,18,19). The Balaban J connectivity index is 2.25. The lowest BCUT2D eigenvalue weighted by Crippen LogP contribution is -2.39. The summed E-state index contributed by atoms with van der Waals surface area (Å²) in [4.78, 5) is 12.2. The Hall–Kier alpha value is -1.89. The van der Waals surface area contributed by atoms with E-state index in [1.165, 1.54) is 12.1 Å². The van der Waals surface area contributed by atoms with Gasteiger partial charge in [0.25, 0.3) is 5.91 Å². The number of rotatable bonds is 2. The quantitative estimate of drug-likeness (QED) is 0.889. The number of nitrogens with one attached hydrogen (secondary N) is 1. The first-order chi connectivity index (χ1) is 8.72. The Bertz CT molecular complexity index is 578. The average molecular weight is 260 g/mol. The van der Waals surface area contributed by atoms with Gasteiger partial charge in [0.15, 0.2) is 0 Å². The minimum atomic E-state index is -0.791. The predicted octanol–water partition coefficient (Wildman–Crippen LogP) is 2.86. The van der Waals surface area contributed by atoms with Crippen molar-refractivity contribution in [3.63, 3.8) is 0 Å². The van der Waals surface area contributed by atoms with Gasteiger partial charge in [-0.05, 0) is 43.5 Å². The van der Waals surface area contributed by atoms with Gasteiger partial charge in [0.05, 0.1) is 6.07 Å². The van der Waals surface area contributed by atoms with E-state index < -0.39 is 5.54 Å². The summed E-state index contributed by atoms with van der Waals surface area (Å²) >= 11 is 0. The van der Waals surface area contributed by atoms with Crippen molar-refractivity contribution in [2.45, 2.75) is 39.7 Å². The molecule has 1 fully saturated rings. The molecule has 1 amide bonds. The number of aryl methyl sites for hydroxylation is 2. The summed E-state index contributed by atoms with van der Waals surface area (Å²) in [6, 6.07) is 5.20. The normalized spacial score (nSPS) is 23.6. The van der Waals surface area contributed by atoms with Crippen LogP contribution in [-0.4, -0.2) is 11.4 Å². The number of halogens is 1. The lowest BCUT2D eigenvalue weighted by molar-refractivity contribution is 0.0934. The smallest absolute Gasteiger partial charge is 0.252 e. The number of benzene rings is 1. The molecule has 3 nitrogen and oxygen atoms in total. The molecule has 0 aliphatic heterocycles. The van der Waals surface area contributed by atoms with Gasteiger partial charge >= 0.3 is 0 Å². The van der Waals surface area contributed by atoms with Crippen molar-refractivity contribution < 1.29 is 9.18 Å². The van der Waals surface area contributed by atoms with E-state index in [1.54, 1.807) is 13.8 Å². The molecular weight excluding hydrogens is 243 g/mol. The van der Waals surface area contributed by atoms with Gasteiger partial charge in [-0.15, -0.1) is 0 Å². The molecule has 100 valence electrons. The van der Waals surface area contributed by atoms with Crippen LogP contribution in [0.4, 0.5) is 4.39 Å². The fourth-order valence-electron chi connectivity index (χ4n) is 2.39. The summed E-state index contributed by atoms with van der Waals surface area (Å²) in [6.07, 6.45) is 0.640. The van der Waals surface area contributed by atoms with Gasteiger partial charge in [0.2, 0.25) is 0 Å². The highest BCUT2D eigenvalue weighted by Gasteiger charge is 2.63. The van der Waals surface area contributed by atoms with Gasteiger partial charge in [0.1, 0.15) is 11.4 Å². The second-order valence-electron chi connectivity index (χ2n) is 5.96. The third kappa shape index (κ3) is 2.10. The summed E-state index contributed by atoms with van der Waals surface area (Å²) in [5, 5.41) is 12.0. The molecule has 0 spiro atoms. The highest BCUT2D eigenvalue weighted by molar-refractivity contribution is 5.95. The number of hydrogen-bond donors (Lipinski definition) is 1. The van der Waals surface area contributed by atoms with Crippen molar-refractivity contribution in [3.05, 3.63) is 34.6 Å². The zero-order valence-corrected chi connectivity index (χ0v) is 11.6. The number of hydrogen-bond acceptors (Lipinski definition) is 2. The molecular formula is C15H17FN2O. The predicted molar refractivity (Wildman–Crippen MR) is 70.1 cm³/mol. The van der Waals surface area contributed by atoms with Crippen molar-refractivity contribution in [2.75, 3.05) is 0 Å². The second kappa shape index (κ2) is 4.06. The number of carbonyl (C=O) groups excluding carboxylic acids is 1. The summed E-state index contributed by atoms with van der Waals surface area (Å²) < 4.78 is 13.5. The van der Waals surface area contributed by atoms with Crippen LogP contribution in [0.2, 0.25) is 0 Å². The number of carbonyl (C=O) groups is 1. The summed E-state index contributed by atoms with van der Waals surface area (Å²) in [5.74, 6) is -0.614. The Kier molecular flexibility index (Phi) is 2.89. The van der Waals surface area contributed by atoms with Crippen LogP contribution in [0.15, 0.2) is 12.1 Å². The Morgan fingerprint density at radius 3 is 2.21 bits per heavy atom. The van der Waals surface area contributed by atoms with Crippen LogP contribution in [0.5, 0.6) is 0 Å². The van der Waals surface area contributed by atoms with Crippen molar-refractivity contribution in [2.24, 2.45) is 5.41 Å². The van der Waals surface area contributed by atoms with E-state index in [1.807, 2.05) is 13.8 Å². The molecule has 0 saturated heterocycles. The van der Waals surface area contributed by atoms with Crippen LogP contribution in [0.3, 0.4) is 0 Å². The first-order valence-corrected chi connectivity index (χ1v) is 6.23. The van der Waals surface area contributed by atoms with Gasteiger partial charge in [0, 0.05) is 11.0 Å². The first-order valence-electron chi connectivity index (χ1n) is 6.23. The molecule has 4 heteroatoms. The maximum atomic E-state index is 13.5. The Morgan fingerprint density at radius 1 is 1.37 bits per heavy atom. The molecule has 0 bridgehead atoms. The van der Waals surface area contributed by atoms with Crippen molar-refractivity contribution >= 4 is 5.91 Å². The monoisotopic (exact) mass is 260 g/mol. The van der Waals surface area contributed by atoms with E-state index in [9.17, 15) is 14.4 Å². The lowest BCUT2D eigenvalue weighted by atomic mass is 10.0. The molecule has 0 radical (unpaired) electrons. The third-order valence-electron chi connectivity index (χ3n) is 3.95. The topological polar surface area (TPSA) is 52.9 Å². The zero-order valence-electron chi connectivity index (χ0n) is 11.6. The first kappa shape index (κ1) is 13.5. The second-order valence-corrected chi connectivity index (χ2v) is 5.96. The van der Waals surface area contributed by atoms with Crippen LogP contribution in [0.25, 0.3) is 0 Å². The van der Waals surface area contributed by atoms with E-state index in [4.69, 9.17) is 0 Å². The van der Waals surface area contributed by atoms with E-state index in [0.29, 0.717) is 23.1 Å². The lowest BCUT2D eigenvalue weighted by Gasteiger charge is -2.15. The maximum Gasteiger partial charge on any atom is 0.252 e. The van der Waals surface area contributed by atoms with Crippen molar-refractivity contribution in [1.29, 1.82) is 5.26 Å². The third-order valence-corrected chi connectivity index (χ3v) is 3.95. The van der Waals surface area contributed by atoms with Crippen LogP contribution in [0, 0.1) is 36.4 Å². The molecule has 0 heterocycles. The molecule has 1 aromatic rings. The SMILES string of the molecule is Cc1cc(C(=O)NC2(C#N)CC2(C)C)cc(C)c1F. The van der Waals surface area contributed by atoms with Crippen LogP contribution in [0.1, 0.15) is 41.8 Å². The molecule has 1 N–H and O–H groups in total. The Labute approximate surface area is 112 Å². The minimum Gasteiger partial charge on any atom is -0.333 e. The zero-order chi connectivity index (χ0) is 14.4. The van der Waals surface area contributed by atoms with Crippen molar-refractivity contribution in [3.8, 4) is 6.07 Å². The number of nitriles is 1. The Morgan fingerprint density at radius 2 is 1.84 bits per heavy atom. The van der Waals surface area contributed by atoms with E-state index in [2.05, 4.69) is 11.4 Å². The van der Waals surface area contributed by atoms with Gasteiger partial charge in [-0.1, -0.05) is 13.8 Å².